The number of amides is 1. The molecule has 0 aliphatic heterocycles. The van der Waals surface area contributed by atoms with Crippen LogP contribution in [0.15, 0.2) is 12.3 Å². The quantitative estimate of drug-likeness (QED) is 0.580. The van der Waals surface area contributed by atoms with E-state index < -0.39 is 11.9 Å². The molecular weight excluding hydrogens is 160 g/mol. The van der Waals surface area contributed by atoms with Gasteiger partial charge in [0.05, 0.1) is 12.0 Å². The van der Waals surface area contributed by atoms with Crippen molar-refractivity contribution >= 4 is 11.9 Å². The molecule has 1 aromatic heterocycles. The molecule has 0 aromatic carbocycles. The summed E-state index contributed by atoms with van der Waals surface area (Å²) in [6.45, 7) is 0. The summed E-state index contributed by atoms with van der Waals surface area (Å²) < 4.78 is 0. The molecule has 0 aliphatic carbocycles. The molecule has 64 valence electrons. The van der Waals surface area contributed by atoms with E-state index in [2.05, 4.69) is 4.98 Å². The van der Waals surface area contributed by atoms with E-state index in [0.29, 0.717) is 5.69 Å². The zero-order chi connectivity index (χ0) is 9.14. The number of nitrogens with one attached hydrogen (secondary N) is 1. The fraction of sp³-hybridized carbons (Fsp3) is 0.143. The van der Waals surface area contributed by atoms with Crippen LogP contribution in [-0.4, -0.2) is 22.0 Å². The molecule has 12 heavy (non-hydrogen) atoms. The van der Waals surface area contributed by atoms with E-state index in [-0.39, 0.29) is 12.0 Å². The second-order valence-electron chi connectivity index (χ2n) is 2.32. The smallest absolute Gasteiger partial charge is 0.337 e. The molecule has 1 heterocycles. The largest absolute Gasteiger partial charge is 0.478 e. The summed E-state index contributed by atoms with van der Waals surface area (Å²) in [7, 11) is 0. The molecule has 0 unspecified atom stereocenters. The third-order valence-corrected chi connectivity index (χ3v) is 1.41. The van der Waals surface area contributed by atoms with Crippen molar-refractivity contribution in [2.45, 2.75) is 6.42 Å². The van der Waals surface area contributed by atoms with Crippen molar-refractivity contribution in [1.29, 1.82) is 0 Å². The van der Waals surface area contributed by atoms with E-state index in [1.54, 1.807) is 0 Å². The summed E-state index contributed by atoms with van der Waals surface area (Å²) in [4.78, 5) is 23.6. The number of carboxylic acid groups (broad SMARTS) is 1. The highest BCUT2D eigenvalue weighted by Gasteiger charge is 2.11. The first kappa shape index (κ1) is 8.32. The van der Waals surface area contributed by atoms with Crippen molar-refractivity contribution < 1.29 is 14.7 Å². The number of aromatic carboxylic acids is 1. The predicted molar refractivity (Wildman–Crippen MR) is 40.7 cm³/mol. The average molecular weight is 168 g/mol. The Hall–Kier alpha value is -1.78. The highest BCUT2D eigenvalue weighted by atomic mass is 16.4. The van der Waals surface area contributed by atoms with Gasteiger partial charge in [-0.05, 0) is 6.07 Å². The molecule has 4 N–H and O–H groups in total. The maximum absolute atomic E-state index is 10.5. The van der Waals surface area contributed by atoms with Gasteiger partial charge in [0.1, 0.15) is 0 Å². The Morgan fingerprint density at radius 3 is 2.75 bits per heavy atom. The molecule has 1 rings (SSSR count). The molecular formula is C7H8N2O3. The van der Waals surface area contributed by atoms with Crippen molar-refractivity contribution in [2.75, 3.05) is 0 Å². The van der Waals surface area contributed by atoms with Crippen LogP contribution in [0.25, 0.3) is 0 Å². The van der Waals surface area contributed by atoms with Gasteiger partial charge in [-0.3, -0.25) is 4.79 Å². The highest BCUT2D eigenvalue weighted by molar-refractivity contribution is 5.90. The van der Waals surface area contributed by atoms with Crippen LogP contribution in [0, 0.1) is 0 Å². The molecule has 1 amide bonds. The Bertz CT molecular complexity index is 316. The van der Waals surface area contributed by atoms with Gasteiger partial charge < -0.3 is 15.8 Å². The number of hydrogen-bond donors (Lipinski definition) is 3. The third-order valence-electron chi connectivity index (χ3n) is 1.41. The molecule has 0 bridgehead atoms. The number of aromatic amines is 1. The van der Waals surface area contributed by atoms with Crippen LogP contribution in [0.2, 0.25) is 0 Å². The topological polar surface area (TPSA) is 96.2 Å². The maximum Gasteiger partial charge on any atom is 0.337 e. The monoisotopic (exact) mass is 168 g/mol. The van der Waals surface area contributed by atoms with Crippen molar-refractivity contribution in [2.24, 2.45) is 5.73 Å². The summed E-state index contributed by atoms with van der Waals surface area (Å²) in [5.41, 5.74) is 5.33. The Morgan fingerprint density at radius 1 is 1.58 bits per heavy atom. The SMILES string of the molecule is NC(=O)Cc1[nH]ccc1C(=O)O. The van der Waals surface area contributed by atoms with Gasteiger partial charge in [0, 0.05) is 11.9 Å². The van der Waals surface area contributed by atoms with Crippen LogP contribution < -0.4 is 5.73 Å². The Labute approximate surface area is 68.2 Å². The minimum Gasteiger partial charge on any atom is -0.478 e. The second kappa shape index (κ2) is 3.08. The molecule has 1 aromatic rings. The number of rotatable bonds is 3. The number of carbonyl (C=O) groups excluding carboxylic acids is 1. The van der Waals surface area contributed by atoms with Crippen LogP contribution in [-0.2, 0) is 11.2 Å². The predicted octanol–water partition coefficient (Wildman–Crippen LogP) is -0.259. The first-order valence-corrected chi connectivity index (χ1v) is 3.29. The molecule has 0 saturated heterocycles. The van der Waals surface area contributed by atoms with E-state index in [1.165, 1.54) is 12.3 Å². The number of carbonyl (C=O) groups is 2. The summed E-state index contributed by atoms with van der Waals surface area (Å²) in [6, 6.07) is 1.39. The lowest BCUT2D eigenvalue weighted by Gasteiger charge is -1.95. The van der Waals surface area contributed by atoms with Gasteiger partial charge in [0.15, 0.2) is 0 Å². The zero-order valence-electron chi connectivity index (χ0n) is 6.20. The normalized spacial score (nSPS) is 9.67. The minimum absolute atomic E-state index is 0.0748. The van der Waals surface area contributed by atoms with Crippen molar-refractivity contribution in [3.63, 3.8) is 0 Å². The van der Waals surface area contributed by atoms with Crippen LogP contribution in [0.1, 0.15) is 16.1 Å². The minimum atomic E-state index is -1.06. The standard InChI is InChI=1S/C7H8N2O3/c8-6(10)3-5-4(7(11)12)1-2-9-5/h1-2,9H,3H2,(H2,8,10)(H,11,12). The van der Waals surface area contributed by atoms with Crippen LogP contribution >= 0.6 is 0 Å². The number of carboxylic acids is 1. The average Bonchev–Trinajstić information content (AvgIpc) is 2.33. The van der Waals surface area contributed by atoms with Gasteiger partial charge in [0.2, 0.25) is 5.91 Å². The number of aromatic nitrogens is 1. The van der Waals surface area contributed by atoms with Gasteiger partial charge in [-0.1, -0.05) is 0 Å². The molecule has 5 nitrogen and oxygen atoms in total. The lowest BCUT2D eigenvalue weighted by molar-refractivity contribution is -0.117. The maximum atomic E-state index is 10.5. The Kier molecular flexibility index (Phi) is 2.14. The Balaban J connectivity index is 2.91. The van der Waals surface area contributed by atoms with Gasteiger partial charge in [-0.15, -0.1) is 0 Å². The molecule has 0 aliphatic rings. The van der Waals surface area contributed by atoms with E-state index >= 15 is 0 Å². The van der Waals surface area contributed by atoms with Gasteiger partial charge >= 0.3 is 5.97 Å². The molecule has 0 spiro atoms. The number of H-pyrrole nitrogens is 1. The van der Waals surface area contributed by atoms with Crippen molar-refractivity contribution in [3.8, 4) is 0 Å². The molecule has 0 fully saturated rings. The Morgan fingerprint density at radius 2 is 2.25 bits per heavy atom. The first-order chi connectivity index (χ1) is 5.61. The van der Waals surface area contributed by atoms with E-state index in [4.69, 9.17) is 10.8 Å². The van der Waals surface area contributed by atoms with Gasteiger partial charge in [0.25, 0.3) is 0 Å². The fourth-order valence-corrected chi connectivity index (χ4v) is 0.925. The van der Waals surface area contributed by atoms with Gasteiger partial charge in [-0.25, -0.2) is 4.79 Å². The van der Waals surface area contributed by atoms with Crippen LogP contribution in [0.3, 0.4) is 0 Å². The highest BCUT2D eigenvalue weighted by Crippen LogP contribution is 2.06. The molecule has 5 heteroatoms. The van der Waals surface area contributed by atoms with E-state index in [1.807, 2.05) is 0 Å². The lowest BCUT2D eigenvalue weighted by atomic mass is 10.2. The summed E-state index contributed by atoms with van der Waals surface area (Å²) in [5.74, 6) is -1.62. The first-order valence-electron chi connectivity index (χ1n) is 3.29. The van der Waals surface area contributed by atoms with Crippen LogP contribution in [0.5, 0.6) is 0 Å². The molecule has 0 saturated carbocycles. The van der Waals surface area contributed by atoms with Gasteiger partial charge in [-0.2, -0.15) is 0 Å². The van der Waals surface area contributed by atoms with E-state index in [9.17, 15) is 9.59 Å². The fourth-order valence-electron chi connectivity index (χ4n) is 0.925. The molecule has 0 radical (unpaired) electrons. The van der Waals surface area contributed by atoms with Crippen LogP contribution in [0.4, 0.5) is 0 Å². The number of nitrogens with two attached hydrogens (primary N) is 1. The number of hydrogen-bond acceptors (Lipinski definition) is 2. The zero-order valence-corrected chi connectivity index (χ0v) is 6.20. The summed E-state index contributed by atoms with van der Waals surface area (Å²) in [6.07, 6.45) is 1.39. The van der Waals surface area contributed by atoms with E-state index in [0.717, 1.165) is 0 Å². The van der Waals surface area contributed by atoms with Crippen molar-refractivity contribution in [3.05, 3.63) is 23.5 Å². The number of primary amides is 1. The molecule has 0 atom stereocenters. The summed E-state index contributed by atoms with van der Waals surface area (Å²) >= 11 is 0. The second-order valence-corrected chi connectivity index (χ2v) is 2.32. The van der Waals surface area contributed by atoms with Crippen molar-refractivity contribution in [1.82, 2.24) is 4.98 Å². The lowest BCUT2D eigenvalue weighted by Crippen LogP contribution is -2.15. The summed E-state index contributed by atoms with van der Waals surface area (Å²) in [5, 5.41) is 8.60. The third kappa shape index (κ3) is 1.63.